The standard InChI is InChI=1S/C8H3ClN4S4/c9-8-12-10-5(11-13-8)4-3-16-7(17-4)6-14-1-2-15-6/h1-3H. The minimum atomic E-state index is 0.0645. The molecule has 0 aliphatic carbocycles. The van der Waals surface area contributed by atoms with E-state index in [9.17, 15) is 0 Å². The highest BCUT2D eigenvalue weighted by molar-refractivity contribution is 8.35. The third-order valence-corrected chi connectivity index (χ3v) is 6.89. The lowest BCUT2D eigenvalue weighted by molar-refractivity contribution is 0.839. The molecule has 2 aliphatic heterocycles. The Bertz CT molecular complexity index is 529. The van der Waals surface area contributed by atoms with E-state index in [-0.39, 0.29) is 5.28 Å². The van der Waals surface area contributed by atoms with Gasteiger partial charge in [-0.15, -0.1) is 20.4 Å². The molecule has 1 aromatic heterocycles. The van der Waals surface area contributed by atoms with Crippen molar-refractivity contribution < 1.29 is 0 Å². The normalized spacial score (nSPS) is 19.0. The average Bonchev–Trinajstić information content (AvgIpc) is 3.00. The minimum Gasteiger partial charge on any atom is -0.124 e. The van der Waals surface area contributed by atoms with Gasteiger partial charge in [-0.3, -0.25) is 0 Å². The summed E-state index contributed by atoms with van der Waals surface area (Å²) in [5, 5.41) is 21.4. The SMILES string of the molecule is Clc1nnc(C2=CSC(=C3SC=CS3)S2)nn1. The molecule has 0 aromatic carbocycles. The van der Waals surface area contributed by atoms with Gasteiger partial charge in [-0.2, -0.15) is 0 Å². The van der Waals surface area contributed by atoms with Gasteiger partial charge in [0.2, 0.25) is 5.82 Å². The molecule has 4 nitrogen and oxygen atoms in total. The smallest absolute Gasteiger partial charge is 0.124 e. The van der Waals surface area contributed by atoms with Gasteiger partial charge in [0.1, 0.15) is 0 Å². The van der Waals surface area contributed by atoms with Crippen LogP contribution in [0.25, 0.3) is 4.91 Å². The first kappa shape index (κ1) is 11.9. The van der Waals surface area contributed by atoms with Crippen LogP contribution in [0.3, 0.4) is 0 Å². The zero-order valence-corrected chi connectivity index (χ0v) is 12.1. The summed E-state index contributed by atoms with van der Waals surface area (Å²) in [7, 11) is 0. The van der Waals surface area contributed by atoms with E-state index < -0.39 is 0 Å². The second-order valence-electron chi connectivity index (χ2n) is 2.78. The van der Waals surface area contributed by atoms with E-state index in [4.69, 9.17) is 11.6 Å². The van der Waals surface area contributed by atoms with Crippen LogP contribution in [0.15, 0.2) is 24.7 Å². The fourth-order valence-electron chi connectivity index (χ4n) is 1.06. The first-order valence-electron chi connectivity index (χ1n) is 4.33. The van der Waals surface area contributed by atoms with Crippen molar-refractivity contribution in [3.8, 4) is 0 Å². The number of nitrogens with zero attached hydrogens (tertiary/aromatic N) is 4. The van der Waals surface area contributed by atoms with Crippen molar-refractivity contribution in [1.82, 2.24) is 20.4 Å². The van der Waals surface area contributed by atoms with Crippen LogP contribution in [0.4, 0.5) is 0 Å². The van der Waals surface area contributed by atoms with E-state index in [1.165, 1.54) is 8.47 Å². The molecule has 0 atom stereocenters. The Balaban J connectivity index is 1.79. The van der Waals surface area contributed by atoms with Crippen molar-refractivity contribution in [2.45, 2.75) is 0 Å². The van der Waals surface area contributed by atoms with Crippen molar-refractivity contribution in [2.24, 2.45) is 0 Å². The van der Waals surface area contributed by atoms with Gasteiger partial charge in [0.15, 0.2) is 0 Å². The van der Waals surface area contributed by atoms with E-state index >= 15 is 0 Å². The summed E-state index contributed by atoms with van der Waals surface area (Å²) < 4.78 is 2.54. The number of aromatic nitrogens is 4. The number of hydrogen-bond acceptors (Lipinski definition) is 8. The Labute approximate surface area is 119 Å². The summed E-state index contributed by atoms with van der Waals surface area (Å²) in [4.78, 5) is 0.960. The van der Waals surface area contributed by atoms with E-state index in [0.29, 0.717) is 5.82 Å². The first-order chi connectivity index (χ1) is 8.33. The lowest BCUT2D eigenvalue weighted by Crippen LogP contribution is -1.97. The van der Waals surface area contributed by atoms with Crippen molar-refractivity contribution in [1.29, 1.82) is 0 Å². The lowest BCUT2D eigenvalue weighted by atomic mass is 10.6. The van der Waals surface area contributed by atoms with Crippen molar-refractivity contribution in [2.75, 3.05) is 0 Å². The molecule has 0 saturated heterocycles. The lowest BCUT2D eigenvalue weighted by Gasteiger charge is -2.00. The van der Waals surface area contributed by atoms with Gasteiger partial charge >= 0.3 is 0 Å². The van der Waals surface area contributed by atoms with Crippen LogP contribution in [0.1, 0.15) is 5.82 Å². The van der Waals surface area contributed by atoms with E-state index in [1.54, 1.807) is 47.0 Å². The third-order valence-electron chi connectivity index (χ3n) is 1.72. The summed E-state index contributed by atoms with van der Waals surface area (Å²) in [6.45, 7) is 0. The van der Waals surface area contributed by atoms with Gasteiger partial charge in [-0.05, 0) is 27.8 Å². The Kier molecular flexibility index (Phi) is 3.67. The molecule has 0 fully saturated rings. The second-order valence-corrected chi connectivity index (χ2v) is 7.40. The van der Waals surface area contributed by atoms with Gasteiger partial charge in [-0.1, -0.05) is 47.0 Å². The largest absolute Gasteiger partial charge is 0.262 e. The van der Waals surface area contributed by atoms with Gasteiger partial charge in [0.25, 0.3) is 5.28 Å². The molecule has 3 heterocycles. The van der Waals surface area contributed by atoms with Crippen LogP contribution < -0.4 is 0 Å². The summed E-state index contributed by atoms with van der Waals surface area (Å²) in [6.07, 6.45) is 0. The summed E-state index contributed by atoms with van der Waals surface area (Å²) >= 11 is 12.3. The number of rotatable bonds is 1. The van der Waals surface area contributed by atoms with Crippen LogP contribution in [0, 0.1) is 0 Å². The van der Waals surface area contributed by atoms with Crippen molar-refractivity contribution >= 4 is 63.6 Å². The molecule has 0 bridgehead atoms. The summed E-state index contributed by atoms with van der Waals surface area (Å²) in [5.74, 6) is 0.517. The molecule has 86 valence electrons. The Hall–Kier alpha value is -0.150. The van der Waals surface area contributed by atoms with Crippen molar-refractivity contribution in [3.05, 3.63) is 35.8 Å². The van der Waals surface area contributed by atoms with Gasteiger partial charge in [-0.25, -0.2) is 0 Å². The Morgan fingerprint density at radius 2 is 1.59 bits per heavy atom. The quantitative estimate of drug-likeness (QED) is 0.775. The van der Waals surface area contributed by atoms with E-state index in [1.807, 2.05) is 5.41 Å². The highest BCUT2D eigenvalue weighted by atomic mass is 35.5. The predicted molar refractivity (Wildman–Crippen MR) is 77.1 cm³/mol. The molecule has 0 amide bonds. The van der Waals surface area contributed by atoms with Gasteiger partial charge in [0, 0.05) is 0 Å². The molecule has 0 unspecified atom stereocenters. The van der Waals surface area contributed by atoms with E-state index in [0.717, 1.165) is 4.91 Å². The number of halogens is 1. The maximum atomic E-state index is 5.55. The summed E-state index contributed by atoms with van der Waals surface area (Å²) in [5.41, 5.74) is 0. The Morgan fingerprint density at radius 3 is 2.29 bits per heavy atom. The maximum Gasteiger partial charge on any atom is 0.262 e. The molecule has 2 aliphatic rings. The number of thioether (sulfide) groups is 4. The molecule has 0 radical (unpaired) electrons. The van der Waals surface area contributed by atoms with Crippen LogP contribution in [-0.2, 0) is 0 Å². The van der Waals surface area contributed by atoms with Crippen LogP contribution in [0.5, 0.6) is 0 Å². The van der Waals surface area contributed by atoms with Crippen LogP contribution in [0.2, 0.25) is 5.28 Å². The molecule has 0 N–H and O–H groups in total. The molecule has 0 spiro atoms. The van der Waals surface area contributed by atoms with Crippen LogP contribution in [-0.4, -0.2) is 20.4 Å². The van der Waals surface area contributed by atoms with E-state index in [2.05, 4.69) is 31.2 Å². The fraction of sp³-hybridized carbons (Fsp3) is 0. The highest BCUT2D eigenvalue weighted by Gasteiger charge is 2.21. The third kappa shape index (κ3) is 2.65. The summed E-state index contributed by atoms with van der Waals surface area (Å²) in [6, 6.07) is 0. The molecule has 0 saturated carbocycles. The molecule has 9 heteroatoms. The first-order valence-corrected chi connectivity index (χ1v) is 8.17. The zero-order chi connectivity index (χ0) is 11.7. The molecular weight excluding hydrogens is 316 g/mol. The number of hydrogen-bond donors (Lipinski definition) is 0. The predicted octanol–water partition coefficient (Wildman–Crippen LogP) is 3.78. The topological polar surface area (TPSA) is 51.6 Å². The average molecular weight is 319 g/mol. The van der Waals surface area contributed by atoms with Crippen LogP contribution >= 0.6 is 58.6 Å². The second kappa shape index (κ2) is 5.23. The zero-order valence-electron chi connectivity index (χ0n) is 8.03. The molecule has 1 aromatic rings. The fourth-order valence-corrected chi connectivity index (χ4v) is 5.51. The highest BCUT2D eigenvalue weighted by Crippen LogP contribution is 2.54. The van der Waals surface area contributed by atoms with Gasteiger partial charge in [0.05, 0.1) is 13.4 Å². The van der Waals surface area contributed by atoms with Crippen molar-refractivity contribution in [3.63, 3.8) is 0 Å². The molecular formula is C8H3ClN4S4. The van der Waals surface area contributed by atoms with Gasteiger partial charge < -0.3 is 0 Å². The minimum absolute atomic E-state index is 0.0645. The maximum absolute atomic E-state index is 5.55. The Morgan fingerprint density at radius 1 is 0.882 bits per heavy atom. The molecule has 3 rings (SSSR count). The molecule has 17 heavy (non-hydrogen) atoms. The monoisotopic (exact) mass is 318 g/mol.